The molecule has 0 radical (unpaired) electrons. The second kappa shape index (κ2) is 5.39. The van der Waals surface area contributed by atoms with Crippen molar-refractivity contribution in [2.45, 2.75) is 19.9 Å². The van der Waals surface area contributed by atoms with Crippen LogP contribution in [0.3, 0.4) is 0 Å². The molecule has 0 aliphatic rings. The molecule has 1 rings (SSSR count). The number of benzene rings is 1. The molecule has 0 amide bonds. The fourth-order valence-corrected chi connectivity index (χ4v) is 2.75. The van der Waals surface area contributed by atoms with Crippen LogP contribution in [0.5, 0.6) is 0 Å². The molecule has 0 aliphatic carbocycles. The number of Topliss-reactive ketones (excluding diaryl/α,β-unsaturated/α-hetero) is 1. The van der Waals surface area contributed by atoms with Gasteiger partial charge in [0.1, 0.15) is 9.84 Å². The smallest absolute Gasteiger partial charge is 0.161 e. The van der Waals surface area contributed by atoms with E-state index in [4.69, 9.17) is 5.73 Å². The van der Waals surface area contributed by atoms with Gasteiger partial charge >= 0.3 is 0 Å². The minimum Gasteiger partial charge on any atom is -0.398 e. The number of ketones is 1. The molecule has 1 unspecified atom stereocenters. The summed E-state index contributed by atoms with van der Waals surface area (Å²) in [4.78, 5) is 11.2. The first kappa shape index (κ1) is 14.5. The average molecular weight is 270 g/mol. The molecule has 0 aliphatic heterocycles. The molecule has 100 valence electrons. The minimum absolute atomic E-state index is 0.0430. The Morgan fingerprint density at radius 3 is 2.50 bits per heavy atom. The van der Waals surface area contributed by atoms with Gasteiger partial charge in [0, 0.05) is 29.2 Å². The summed E-state index contributed by atoms with van der Waals surface area (Å²) in [6.07, 6.45) is 1.19. The minimum atomic E-state index is -3.02. The Bertz CT molecular complexity index is 552. The molecule has 1 atom stereocenters. The predicted octanol–water partition coefficient (Wildman–Crippen LogP) is 1.32. The van der Waals surface area contributed by atoms with E-state index in [1.807, 2.05) is 0 Å². The lowest BCUT2D eigenvalue weighted by atomic mass is 10.1. The number of carbonyl (C=O) groups excluding carboxylic acids is 1. The summed E-state index contributed by atoms with van der Waals surface area (Å²) in [7, 11) is -3.02. The maximum atomic E-state index is 11.2. The highest BCUT2D eigenvalue weighted by Gasteiger charge is 2.11. The van der Waals surface area contributed by atoms with Crippen LogP contribution in [0.25, 0.3) is 0 Å². The zero-order chi connectivity index (χ0) is 13.9. The zero-order valence-electron chi connectivity index (χ0n) is 10.7. The van der Waals surface area contributed by atoms with Crippen molar-refractivity contribution in [2.24, 2.45) is 0 Å². The van der Waals surface area contributed by atoms with Crippen molar-refractivity contribution >= 4 is 27.0 Å². The van der Waals surface area contributed by atoms with Crippen LogP contribution in [-0.4, -0.2) is 32.3 Å². The van der Waals surface area contributed by atoms with Crippen LogP contribution in [0.4, 0.5) is 11.4 Å². The van der Waals surface area contributed by atoms with E-state index in [0.717, 1.165) is 0 Å². The molecule has 1 aromatic rings. The van der Waals surface area contributed by atoms with Crippen LogP contribution in [-0.2, 0) is 9.84 Å². The van der Waals surface area contributed by atoms with E-state index in [1.54, 1.807) is 25.1 Å². The summed E-state index contributed by atoms with van der Waals surface area (Å²) in [6.45, 7) is 3.22. The predicted molar refractivity (Wildman–Crippen MR) is 73.7 cm³/mol. The molecule has 0 fully saturated rings. The van der Waals surface area contributed by atoms with Gasteiger partial charge in [0.25, 0.3) is 0 Å². The summed E-state index contributed by atoms with van der Waals surface area (Å²) in [5, 5.41) is 3.03. The third-order valence-electron chi connectivity index (χ3n) is 2.40. The number of nitrogens with two attached hydrogens (primary N) is 1. The molecule has 0 spiro atoms. The SMILES string of the molecule is CC(=O)c1ccc(NC(C)CS(C)(=O)=O)cc1N. The highest BCUT2D eigenvalue weighted by Crippen LogP contribution is 2.19. The molecule has 3 N–H and O–H groups in total. The Hall–Kier alpha value is -1.56. The van der Waals surface area contributed by atoms with Crippen molar-refractivity contribution in [2.75, 3.05) is 23.1 Å². The van der Waals surface area contributed by atoms with E-state index in [0.29, 0.717) is 16.9 Å². The van der Waals surface area contributed by atoms with Crippen LogP contribution < -0.4 is 11.1 Å². The lowest BCUT2D eigenvalue weighted by molar-refractivity contribution is 0.101. The standard InChI is InChI=1S/C12H18N2O3S/c1-8(7-18(3,16)17)14-10-4-5-11(9(2)15)12(13)6-10/h4-6,8,14H,7,13H2,1-3H3. The number of hydrogen-bond donors (Lipinski definition) is 2. The largest absolute Gasteiger partial charge is 0.398 e. The van der Waals surface area contributed by atoms with Crippen molar-refractivity contribution in [3.63, 3.8) is 0 Å². The Morgan fingerprint density at radius 2 is 2.06 bits per heavy atom. The number of sulfone groups is 1. The first-order valence-corrected chi connectivity index (χ1v) is 7.60. The molecule has 0 bridgehead atoms. The third-order valence-corrected chi connectivity index (χ3v) is 3.50. The lowest BCUT2D eigenvalue weighted by Crippen LogP contribution is -2.25. The van der Waals surface area contributed by atoms with E-state index < -0.39 is 9.84 Å². The normalized spacial score (nSPS) is 13.1. The fourth-order valence-electron chi connectivity index (χ4n) is 1.75. The molecule has 0 aromatic heterocycles. The van der Waals surface area contributed by atoms with Gasteiger partial charge in [-0.1, -0.05) is 0 Å². The fraction of sp³-hybridized carbons (Fsp3) is 0.417. The van der Waals surface area contributed by atoms with Gasteiger partial charge in [-0.15, -0.1) is 0 Å². The monoisotopic (exact) mass is 270 g/mol. The molecular weight excluding hydrogens is 252 g/mol. The number of nitrogens with one attached hydrogen (secondary N) is 1. The molecule has 0 saturated heterocycles. The van der Waals surface area contributed by atoms with Crippen molar-refractivity contribution in [3.8, 4) is 0 Å². The van der Waals surface area contributed by atoms with Gasteiger partial charge in [-0.05, 0) is 32.0 Å². The van der Waals surface area contributed by atoms with Gasteiger partial charge < -0.3 is 11.1 Å². The van der Waals surface area contributed by atoms with Gasteiger partial charge in [0.2, 0.25) is 0 Å². The molecular formula is C12H18N2O3S. The molecule has 0 heterocycles. The van der Waals surface area contributed by atoms with Gasteiger partial charge in [0.15, 0.2) is 5.78 Å². The quantitative estimate of drug-likeness (QED) is 0.622. The number of rotatable bonds is 5. The highest BCUT2D eigenvalue weighted by molar-refractivity contribution is 7.90. The van der Waals surface area contributed by atoms with Crippen LogP contribution >= 0.6 is 0 Å². The highest BCUT2D eigenvalue weighted by atomic mass is 32.2. The second-order valence-electron chi connectivity index (χ2n) is 4.50. The lowest BCUT2D eigenvalue weighted by Gasteiger charge is -2.15. The summed E-state index contributed by atoms with van der Waals surface area (Å²) in [5.74, 6) is -0.0512. The number of carbonyl (C=O) groups is 1. The van der Waals surface area contributed by atoms with Gasteiger partial charge in [-0.2, -0.15) is 0 Å². The summed E-state index contributed by atoms with van der Waals surface area (Å²) in [5.41, 5.74) is 7.31. The van der Waals surface area contributed by atoms with E-state index in [-0.39, 0.29) is 17.6 Å². The third kappa shape index (κ3) is 4.37. The summed E-state index contributed by atoms with van der Waals surface area (Å²) >= 11 is 0. The first-order valence-electron chi connectivity index (χ1n) is 5.54. The van der Waals surface area contributed by atoms with Gasteiger partial charge in [-0.25, -0.2) is 8.42 Å². The Labute approximate surface area is 107 Å². The van der Waals surface area contributed by atoms with Crippen molar-refractivity contribution in [1.82, 2.24) is 0 Å². The van der Waals surface area contributed by atoms with Crippen molar-refractivity contribution < 1.29 is 13.2 Å². The van der Waals surface area contributed by atoms with Crippen LogP contribution in [0.15, 0.2) is 18.2 Å². The van der Waals surface area contributed by atoms with Crippen LogP contribution in [0.2, 0.25) is 0 Å². The molecule has 5 nitrogen and oxygen atoms in total. The maximum absolute atomic E-state index is 11.2. The average Bonchev–Trinajstić information content (AvgIpc) is 2.13. The Kier molecular flexibility index (Phi) is 4.34. The Morgan fingerprint density at radius 1 is 1.44 bits per heavy atom. The van der Waals surface area contributed by atoms with Gasteiger partial charge in [0.05, 0.1) is 5.75 Å². The maximum Gasteiger partial charge on any atom is 0.161 e. The molecule has 18 heavy (non-hydrogen) atoms. The van der Waals surface area contributed by atoms with E-state index in [9.17, 15) is 13.2 Å². The van der Waals surface area contributed by atoms with Crippen molar-refractivity contribution in [3.05, 3.63) is 23.8 Å². The van der Waals surface area contributed by atoms with E-state index in [2.05, 4.69) is 5.32 Å². The summed E-state index contributed by atoms with van der Waals surface area (Å²) in [6, 6.07) is 4.76. The molecule has 1 aromatic carbocycles. The number of anilines is 2. The van der Waals surface area contributed by atoms with Gasteiger partial charge in [-0.3, -0.25) is 4.79 Å². The van der Waals surface area contributed by atoms with E-state index >= 15 is 0 Å². The first-order chi connectivity index (χ1) is 8.19. The second-order valence-corrected chi connectivity index (χ2v) is 6.68. The number of nitrogen functional groups attached to an aromatic ring is 1. The van der Waals surface area contributed by atoms with Crippen molar-refractivity contribution in [1.29, 1.82) is 0 Å². The zero-order valence-corrected chi connectivity index (χ0v) is 11.5. The van der Waals surface area contributed by atoms with Crippen LogP contribution in [0.1, 0.15) is 24.2 Å². The molecule has 6 heteroatoms. The summed E-state index contributed by atoms with van der Waals surface area (Å²) < 4.78 is 22.3. The van der Waals surface area contributed by atoms with Crippen LogP contribution in [0, 0.1) is 0 Å². The Balaban J connectivity index is 2.81. The van der Waals surface area contributed by atoms with E-state index in [1.165, 1.54) is 13.2 Å². The molecule has 0 saturated carbocycles. The topological polar surface area (TPSA) is 89.3 Å². The number of hydrogen-bond acceptors (Lipinski definition) is 5.